The Labute approximate surface area is 84.6 Å². The SMILES string of the molecule is CCCc1cc(C)ccc1CC(=O)O. The number of hydrogen-bond acceptors (Lipinski definition) is 1. The summed E-state index contributed by atoms with van der Waals surface area (Å²) in [6, 6.07) is 5.98. The van der Waals surface area contributed by atoms with Gasteiger partial charge in [-0.3, -0.25) is 4.79 Å². The molecular weight excluding hydrogens is 176 g/mol. The van der Waals surface area contributed by atoms with Crippen LogP contribution in [0.4, 0.5) is 0 Å². The topological polar surface area (TPSA) is 37.3 Å². The standard InChI is InChI=1S/C12H16O2/c1-3-4-10-7-9(2)5-6-11(10)8-12(13)14/h5-7H,3-4,8H2,1-2H3,(H,13,14). The van der Waals surface area contributed by atoms with Gasteiger partial charge in [-0.05, 0) is 24.5 Å². The number of aliphatic carboxylic acids is 1. The maximum atomic E-state index is 10.6. The zero-order valence-corrected chi connectivity index (χ0v) is 8.71. The first-order valence-corrected chi connectivity index (χ1v) is 4.93. The Bertz CT molecular complexity index is 329. The van der Waals surface area contributed by atoms with Crippen LogP contribution in [0.5, 0.6) is 0 Å². The van der Waals surface area contributed by atoms with E-state index in [4.69, 9.17) is 5.11 Å². The third-order valence-corrected chi connectivity index (χ3v) is 2.22. The molecule has 1 aromatic carbocycles. The molecule has 0 amide bonds. The van der Waals surface area contributed by atoms with Gasteiger partial charge in [0, 0.05) is 0 Å². The second-order valence-electron chi connectivity index (χ2n) is 3.59. The molecule has 1 aromatic rings. The number of carboxylic acid groups (broad SMARTS) is 1. The molecule has 0 fully saturated rings. The number of benzene rings is 1. The largest absolute Gasteiger partial charge is 0.481 e. The predicted octanol–water partition coefficient (Wildman–Crippen LogP) is 2.57. The molecule has 0 aliphatic rings. The smallest absolute Gasteiger partial charge is 0.307 e. The van der Waals surface area contributed by atoms with E-state index in [1.165, 1.54) is 11.1 Å². The first-order chi connectivity index (χ1) is 6.63. The average Bonchev–Trinajstić information content (AvgIpc) is 2.09. The van der Waals surface area contributed by atoms with Crippen molar-refractivity contribution in [1.29, 1.82) is 0 Å². The Balaban J connectivity index is 2.95. The summed E-state index contributed by atoms with van der Waals surface area (Å²) in [7, 11) is 0. The number of carboxylic acids is 1. The van der Waals surface area contributed by atoms with Gasteiger partial charge in [-0.15, -0.1) is 0 Å². The Morgan fingerprint density at radius 3 is 2.64 bits per heavy atom. The van der Waals surface area contributed by atoms with Gasteiger partial charge in [-0.1, -0.05) is 37.1 Å². The predicted molar refractivity (Wildman–Crippen MR) is 56.5 cm³/mol. The molecule has 76 valence electrons. The van der Waals surface area contributed by atoms with Crippen LogP contribution in [-0.2, 0) is 17.6 Å². The van der Waals surface area contributed by atoms with Crippen LogP contribution < -0.4 is 0 Å². The molecule has 0 unspecified atom stereocenters. The van der Waals surface area contributed by atoms with Gasteiger partial charge in [0.15, 0.2) is 0 Å². The molecule has 0 bridgehead atoms. The first kappa shape index (κ1) is 10.8. The minimum absolute atomic E-state index is 0.135. The maximum Gasteiger partial charge on any atom is 0.307 e. The van der Waals surface area contributed by atoms with E-state index in [1.54, 1.807) is 0 Å². The molecule has 0 atom stereocenters. The van der Waals surface area contributed by atoms with Gasteiger partial charge >= 0.3 is 5.97 Å². The van der Waals surface area contributed by atoms with E-state index in [-0.39, 0.29) is 6.42 Å². The van der Waals surface area contributed by atoms with Crippen molar-refractivity contribution in [2.45, 2.75) is 33.1 Å². The van der Waals surface area contributed by atoms with Gasteiger partial charge in [0.1, 0.15) is 0 Å². The fourth-order valence-corrected chi connectivity index (χ4v) is 1.59. The molecule has 0 aliphatic heterocycles. The molecular formula is C12H16O2. The summed E-state index contributed by atoms with van der Waals surface area (Å²) in [6.45, 7) is 4.14. The monoisotopic (exact) mass is 192 g/mol. The highest BCUT2D eigenvalue weighted by molar-refractivity contribution is 5.70. The third-order valence-electron chi connectivity index (χ3n) is 2.22. The molecule has 0 saturated carbocycles. The van der Waals surface area contributed by atoms with Crippen LogP contribution in [0.1, 0.15) is 30.0 Å². The summed E-state index contributed by atoms with van der Waals surface area (Å²) in [5, 5.41) is 8.73. The zero-order chi connectivity index (χ0) is 10.6. The van der Waals surface area contributed by atoms with E-state index in [0.717, 1.165) is 18.4 Å². The highest BCUT2D eigenvalue weighted by Gasteiger charge is 2.05. The van der Waals surface area contributed by atoms with Crippen LogP contribution in [0, 0.1) is 6.92 Å². The van der Waals surface area contributed by atoms with Crippen molar-refractivity contribution in [3.05, 3.63) is 34.9 Å². The highest BCUT2D eigenvalue weighted by Crippen LogP contribution is 2.14. The lowest BCUT2D eigenvalue weighted by Crippen LogP contribution is -2.03. The van der Waals surface area contributed by atoms with Gasteiger partial charge in [-0.25, -0.2) is 0 Å². The van der Waals surface area contributed by atoms with Crippen LogP contribution in [0.25, 0.3) is 0 Å². The number of hydrogen-bond donors (Lipinski definition) is 1. The van der Waals surface area contributed by atoms with Gasteiger partial charge in [0.2, 0.25) is 0 Å². The van der Waals surface area contributed by atoms with E-state index < -0.39 is 5.97 Å². The van der Waals surface area contributed by atoms with E-state index in [9.17, 15) is 4.79 Å². The van der Waals surface area contributed by atoms with Crippen molar-refractivity contribution < 1.29 is 9.90 Å². The van der Waals surface area contributed by atoms with Crippen molar-refractivity contribution in [1.82, 2.24) is 0 Å². The van der Waals surface area contributed by atoms with Crippen LogP contribution >= 0.6 is 0 Å². The Morgan fingerprint density at radius 1 is 1.36 bits per heavy atom. The summed E-state index contributed by atoms with van der Waals surface area (Å²) in [4.78, 5) is 10.6. The minimum atomic E-state index is -0.758. The molecule has 14 heavy (non-hydrogen) atoms. The van der Waals surface area contributed by atoms with Gasteiger partial charge in [0.05, 0.1) is 6.42 Å². The lowest BCUT2D eigenvalue weighted by atomic mass is 9.98. The summed E-state index contributed by atoms with van der Waals surface area (Å²) in [5.74, 6) is -0.758. The summed E-state index contributed by atoms with van der Waals surface area (Å²) in [6.07, 6.45) is 2.15. The molecule has 0 saturated heterocycles. The summed E-state index contributed by atoms with van der Waals surface area (Å²) < 4.78 is 0. The lowest BCUT2D eigenvalue weighted by molar-refractivity contribution is -0.136. The van der Waals surface area contributed by atoms with Crippen LogP contribution in [0.3, 0.4) is 0 Å². The van der Waals surface area contributed by atoms with E-state index in [1.807, 2.05) is 19.1 Å². The second kappa shape index (κ2) is 4.80. The molecule has 2 nitrogen and oxygen atoms in total. The van der Waals surface area contributed by atoms with Crippen molar-refractivity contribution in [2.24, 2.45) is 0 Å². The van der Waals surface area contributed by atoms with E-state index >= 15 is 0 Å². The number of rotatable bonds is 4. The Kier molecular flexibility index (Phi) is 3.69. The minimum Gasteiger partial charge on any atom is -0.481 e. The van der Waals surface area contributed by atoms with Crippen LogP contribution in [0.2, 0.25) is 0 Å². The normalized spacial score (nSPS) is 10.1. The quantitative estimate of drug-likeness (QED) is 0.796. The van der Waals surface area contributed by atoms with E-state index in [2.05, 4.69) is 13.0 Å². The average molecular weight is 192 g/mol. The van der Waals surface area contributed by atoms with Gasteiger partial charge < -0.3 is 5.11 Å². The molecule has 0 aromatic heterocycles. The van der Waals surface area contributed by atoms with Crippen molar-refractivity contribution in [2.75, 3.05) is 0 Å². The van der Waals surface area contributed by atoms with Gasteiger partial charge in [-0.2, -0.15) is 0 Å². The summed E-state index contributed by atoms with van der Waals surface area (Å²) in [5.41, 5.74) is 3.32. The molecule has 0 aliphatic carbocycles. The van der Waals surface area contributed by atoms with Crippen molar-refractivity contribution in [3.8, 4) is 0 Å². The Hall–Kier alpha value is -1.31. The second-order valence-corrected chi connectivity index (χ2v) is 3.59. The fourth-order valence-electron chi connectivity index (χ4n) is 1.59. The van der Waals surface area contributed by atoms with Crippen molar-refractivity contribution in [3.63, 3.8) is 0 Å². The molecule has 0 radical (unpaired) electrons. The number of aryl methyl sites for hydroxylation is 2. The Morgan fingerprint density at radius 2 is 2.07 bits per heavy atom. The third kappa shape index (κ3) is 2.87. The molecule has 0 spiro atoms. The van der Waals surface area contributed by atoms with E-state index in [0.29, 0.717) is 0 Å². The zero-order valence-electron chi connectivity index (χ0n) is 8.71. The van der Waals surface area contributed by atoms with Crippen molar-refractivity contribution >= 4 is 5.97 Å². The highest BCUT2D eigenvalue weighted by atomic mass is 16.4. The van der Waals surface area contributed by atoms with Gasteiger partial charge in [0.25, 0.3) is 0 Å². The van der Waals surface area contributed by atoms with Crippen LogP contribution in [0.15, 0.2) is 18.2 Å². The lowest BCUT2D eigenvalue weighted by Gasteiger charge is -2.07. The first-order valence-electron chi connectivity index (χ1n) is 4.93. The fraction of sp³-hybridized carbons (Fsp3) is 0.417. The molecule has 1 rings (SSSR count). The summed E-state index contributed by atoms with van der Waals surface area (Å²) >= 11 is 0. The molecule has 0 heterocycles. The number of carbonyl (C=O) groups is 1. The molecule has 2 heteroatoms. The maximum absolute atomic E-state index is 10.6. The molecule has 1 N–H and O–H groups in total. The van der Waals surface area contributed by atoms with Crippen LogP contribution in [-0.4, -0.2) is 11.1 Å².